The topological polar surface area (TPSA) is 27.7 Å². The molecule has 0 saturated carbocycles. The van der Waals surface area contributed by atoms with Gasteiger partial charge in [-0.2, -0.15) is 0 Å². The highest BCUT2D eigenvalue weighted by molar-refractivity contribution is 6.74. The smallest absolute Gasteiger partial charge is 0.193 e. The molecule has 4 heteroatoms. The SMILES string of the molecule is C#C[C@H](CCCOCc1ccc(OC)cc1)O[Si](C)(C)C(C)(C)C. The summed E-state index contributed by atoms with van der Waals surface area (Å²) >= 11 is 0. The van der Waals surface area contributed by atoms with Crippen LogP contribution in [0.25, 0.3) is 0 Å². The highest BCUT2D eigenvalue weighted by Crippen LogP contribution is 2.37. The Morgan fingerprint density at radius 2 is 1.79 bits per heavy atom. The second-order valence-corrected chi connectivity index (χ2v) is 12.3. The number of ether oxygens (including phenoxy) is 2. The fourth-order valence-corrected chi connectivity index (χ4v) is 3.24. The molecular weight excluding hydrogens is 316 g/mol. The van der Waals surface area contributed by atoms with Crippen molar-refractivity contribution in [1.82, 2.24) is 0 Å². The van der Waals surface area contributed by atoms with Gasteiger partial charge in [0.25, 0.3) is 0 Å². The molecule has 3 nitrogen and oxygen atoms in total. The predicted molar refractivity (Wildman–Crippen MR) is 103 cm³/mol. The first kappa shape index (κ1) is 20.8. The van der Waals surface area contributed by atoms with Crippen LogP contribution >= 0.6 is 0 Å². The summed E-state index contributed by atoms with van der Waals surface area (Å²) in [5.74, 6) is 3.65. The van der Waals surface area contributed by atoms with Crippen LogP contribution in [0.5, 0.6) is 5.75 Å². The van der Waals surface area contributed by atoms with Crippen molar-refractivity contribution in [2.24, 2.45) is 0 Å². The first-order chi connectivity index (χ1) is 11.2. The molecule has 1 atom stereocenters. The van der Waals surface area contributed by atoms with Gasteiger partial charge in [0.05, 0.1) is 13.7 Å². The molecule has 1 aromatic rings. The Kier molecular flexibility index (Phi) is 8.01. The molecule has 1 aromatic carbocycles. The second kappa shape index (κ2) is 9.27. The number of hydrogen-bond donors (Lipinski definition) is 0. The van der Waals surface area contributed by atoms with Gasteiger partial charge < -0.3 is 13.9 Å². The number of hydrogen-bond acceptors (Lipinski definition) is 3. The molecule has 0 bridgehead atoms. The summed E-state index contributed by atoms with van der Waals surface area (Å²) in [7, 11) is -0.148. The third kappa shape index (κ3) is 6.68. The Hall–Kier alpha value is -1.28. The lowest BCUT2D eigenvalue weighted by Gasteiger charge is -2.38. The van der Waals surface area contributed by atoms with E-state index >= 15 is 0 Å². The van der Waals surface area contributed by atoms with Gasteiger partial charge in [-0.1, -0.05) is 38.8 Å². The van der Waals surface area contributed by atoms with Crippen LogP contribution in [0.2, 0.25) is 18.1 Å². The van der Waals surface area contributed by atoms with Gasteiger partial charge >= 0.3 is 0 Å². The van der Waals surface area contributed by atoms with E-state index in [1.807, 2.05) is 24.3 Å². The van der Waals surface area contributed by atoms with Crippen molar-refractivity contribution >= 4 is 8.32 Å². The standard InChI is InChI=1S/C20H32O3Si/c1-8-18(23-24(6,7)20(2,3)4)10-9-15-22-16-17-11-13-19(21-5)14-12-17/h1,11-14,18H,9-10,15-16H2,2-7H3/t18-/m1/s1. The Morgan fingerprint density at radius 1 is 1.17 bits per heavy atom. The summed E-state index contributed by atoms with van der Waals surface area (Å²) in [6.45, 7) is 12.4. The lowest BCUT2D eigenvalue weighted by Crippen LogP contribution is -2.43. The van der Waals surface area contributed by atoms with Gasteiger partial charge in [-0.25, -0.2) is 0 Å². The zero-order chi connectivity index (χ0) is 18.2. The first-order valence-electron chi connectivity index (χ1n) is 8.54. The molecule has 0 aromatic heterocycles. The van der Waals surface area contributed by atoms with Crippen LogP contribution in [0.3, 0.4) is 0 Å². The average molecular weight is 349 g/mol. The van der Waals surface area contributed by atoms with Crippen LogP contribution in [0.4, 0.5) is 0 Å². The molecule has 134 valence electrons. The lowest BCUT2D eigenvalue weighted by atomic mass is 10.2. The lowest BCUT2D eigenvalue weighted by molar-refractivity contribution is 0.108. The molecule has 1 rings (SSSR count). The second-order valence-electron chi connectivity index (χ2n) is 7.58. The molecule has 0 saturated heterocycles. The van der Waals surface area contributed by atoms with Crippen LogP contribution in [0, 0.1) is 12.3 Å². The van der Waals surface area contributed by atoms with E-state index in [1.54, 1.807) is 7.11 Å². The minimum atomic E-state index is -1.81. The summed E-state index contributed by atoms with van der Waals surface area (Å²) in [6.07, 6.45) is 7.28. The molecule has 0 fully saturated rings. The van der Waals surface area contributed by atoms with Crippen LogP contribution in [0.1, 0.15) is 39.2 Å². The van der Waals surface area contributed by atoms with Gasteiger partial charge in [0.2, 0.25) is 0 Å². The van der Waals surface area contributed by atoms with Crippen molar-refractivity contribution in [1.29, 1.82) is 0 Å². The van der Waals surface area contributed by atoms with Crippen molar-refractivity contribution in [3.8, 4) is 18.1 Å². The van der Waals surface area contributed by atoms with Gasteiger partial charge in [-0.15, -0.1) is 6.42 Å². The van der Waals surface area contributed by atoms with E-state index in [1.165, 1.54) is 0 Å². The van der Waals surface area contributed by atoms with Gasteiger partial charge in [0, 0.05) is 6.61 Å². The normalized spacial score (nSPS) is 13.4. The van der Waals surface area contributed by atoms with Crippen LogP contribution < -0.4 is 4.74 Å². The zero-order valence-corrected chi connectivity index (χ0v) is 17.0. The first-order valence-corrected chi connectivity index (χ1v) is 11.4. The molecule has 0 amide bonds. The Morgan fingerprint density at radius 3 is 2.29 bits per heavy atom. The highest BCUT2D eigenvalue weighted by atomic mass is 28.4. The van der Waals surface area contributed by atoms with E-state index in [0.717, 1.165) is 24.2 Å². The molecular formula is C20H32O3Si. The van der Waals surface area contributed by atoms with Crippen molar-refractivity contribution in [3.05, 3.63) is 29.8 Å². The van der Waals surface area contributed by atoms with Crippen molar-refractivity contribution < 1.29 is 13.9 Å². The predicted octanol–water partition coefficient (Wildman–Crippen LogP) is 5.02. The number of terminal acetylenes is 1. The summed E-state index contributed by atoms with van der Waals surface area (Å²) in [6, 6.07) is 7.92. The van der Waals surface area contributed by atoms with E-state index in [4.69, 9.17) is 20.3 Å². The van der Waals surface area contributed by atoms with Crippen molar-refractivity contribution in [2.45, 2.75) is 64.5 Å². The largest absolute Gasteiger partial charge is 0.497 e. The van der Waals surface area contributed by atoms with E-state index in [-0.39, 0.29) is 11.1 Å². The van der Waals surface area contributed by atoms with E-state index in [9.17, 15) is 0 Å². The summed E-state index contributed by atoms with van der Waals surface area (Å²) in [4.78, 5) is 0. The van der Waals surface area contributed by atoms with Gasteiger partial charge in [-0.05, 0) is 48.7 Å². The van der Waals surface area contributed by atoms with Crippen LogP contribution in [-0.2, 0) is 15.8 Å². The minimum absolute atomic E-state index is 0.115. The van der Waals surface area contributed by atoms with Crippen LogP contribution in [0.15, 0.2) is 24.3 Å². The Labute approximate surface area is 148 Å². The monoisotopic (exact) mass is 348 g/mol. The zero-order valence-electron chi connectivity index (χ0n) is 16.0. The maximum Gasteiger partial charge on any atom is 0.193 e. The quantitative estimate of drug-likeness (QED) is 0.356. The van der Waals surface area contributed by atoms with Crippen LogP contribution in [-0.4, -0.2) is 28.1 Å². The molecule has 0 N–H and O–H groups in total. The molecule has 0 aliphatic heterocycles. The maximum atomic E-state index is 6.28. The van der Waals surface area contributed by atoms with E-state index < -0.39 is 8.32 Å². The molecule has 24 heavy (non-hydrogen) atoms. The van der Waals surface area contributed by atoms with Gasteiger partial charge in [0.1, 0.15) is 11.9 Å². The summed E-state index contributed by atoms with van der Waals surface area (Å²) < 4.78 is 17.2. The fourth-order valence-electron chi connectivity index (χ4n) is 1.99. The van der Waals surface area contributed by atoms with E-state index in [0.29, 0.717) is 13.2 Å². The fraction of sp³-hybridized carbons (Fsp3) is 0.600. The molecule has 0 aliphatic carbocycles. The molecule has 0 spiro atoms. The molecule has 0 radical (unpaired) electrons. The minimum Gasteiger partial charge on any atom is -0.497 e. The van der Waals surface area contributed by atoms with Crippen molar-refractivity contribution in [2.75, 3.05) is 13.7 Å². The van der Waals surface area contributed by atoms with E-state index in [2.05, 4.69) is 39.8 Å². The molecule has 0 aliphatic rings. The van der Waals surface area contributed by atoms with Gasteiger partial charge in [-0.3, -0.25) is 0 Å². The number of rotatable bonds is 9. The average Bonchev–Trinajstić information content (AvgIpc) is 2.52. The molecule has 0 unspecified atom stereocenters. The maximum absolute atomic E-state index is 6.28. The summed E-state index contributed by atoms with van der Waals surface area (Å²) in [5.41, 5.74) is 1.14. The third-order valence-corrected chi connectivity index (χ3v) is 9.10. The van der Waals surface area contributed by atoms with Crippen molar-refractivity contribution in [3.63, 3.8) is 0 Å². The third-order valence-electron chi connectivity index (χ3n) is 4.61. The summed E-state index contributed by atoms with van der Waals surface area (Å²) in [5, 5.41) is 0.174. The number of benzene rings is 1. The van der Waals surface area contributed by atoms with Gasteiger partial charge in [0.15, 0.2) is 8.32 Å². The Bertz CT molecular complexity index is 523. The Balaban J connectivity index is 2.31. The highest BCUT2D eigenvalue weighted by Gasteiger charge is 2.38. The number of methoxy groups -OCH3 is 1. The molecule has 0 heterocycles.